The normalized spacial score (nSPS) is 28.6. The number of rotatable bonds is 9. The standard InChI is InChI=1S/C43H52NO8P/c1-50-35-21-22-37-31(23-35)16-12-20-40(37)51-36-25-38-39(45)27-43(53(48,49)29-30-13-6-5-7-14-30)26-33(43)17-9-4-2-3-8-15-32(42(47)44(38)28-36)24-41(46)52-34-18-10-11-19-34/h5-7,9,12-14,16-17,20-23,32-34,36,38H,2-4,8,10-11,15,18-19,24-29H2,1H3,(H,48,49)/b17-9-/t32?,33-,36-,38+,43-/m1/s1. The summed E-state index contributed by atoms with van der Waals surface area (Å²) in [4.78, 5) is 56.0. The molecular formula is C43H52NO8P. The number of benzene rings is 3. The average molecular weight is 742 g/mol. The van der Waals surface area contributed by atoms with Crippen LogP contribution >= 0.6 is 7.37 Å². The number of ether oxygens (including phenoxy) is 3. The van der Waals surface area contributed by atoms with Crippen molar-refractivity contribution < 1.29 is 38.1 Å². The Labute approximate surface area is 312 Å². The fourth-order valence-corrected chi connectivity index (χ4v) is 11.4. The summed E-state index contributed by atoms with van der Waals surface area (Å²) in [7, 11) is -2.26. The minimum absolute atomic E-state index is 0.0123. The summed E-state index contributed by atoms with van der Waals surface area (Å²) in [5.41, 5.74) is 0.761. The van der Waals surface area contributed by atoms with Gasteiger partial charge in [-0.25, -0.2) is 0 Å². The predicted molar refractivity (Wildman–Crippen MR) is 204 cm³/mol. The Morgan fingerprint density at radius 1 is 0.943 bits per heavy atom. The monoisotopic (exact) mass is 741 g/mol. The number of carbonyl (C=O) groups excluding carboxylic acids is 3. The van der Waals surface area contributed by atoms with Gasteiger partial charge in [-0.3, -0.25) is 18.9 Å². The van der Waals surface area contributed by atoms with Gasteiger partial charge in [0.25, 0.3) is 0 Å². The van der Waals surface area contributed by atoms with Crippen LogP contribution in [0.15, 0.2) is 78.9 Å². The maximum atomic E-state index is 14.7. The van der Waals surface area contributed by atoms with E-state index in [1.54, 1.807) is 12.0 Å². The van der Waals surface area contributed by atoms with E-state index in [-0.39, 0.29) is 61.7 Å². The summed E-state index contributed by atoms with van der Waals surface area (Å²) in [6, 6.07) is 20.0. The van der Waals surface area contributed by atoms with E-state index >= 15 is 0 Å². The predicted octanol–water partition coefficient (Wildman–Crippen LogP) is 8.40. The van der Waals surface area contributed by atoms with Gasteiger partial charge in [-0.05, 0) is 92.5 Å². The Kier molecular flexibility index (Phi) is 11.4. The van der Waals surface area contributed by atoms with E-state index in [2.05, 4.69) is 6.08 Å². The van der Waals surface area contributed by atoms with Crippen molar-refractivity contribution in [1.82, 2.24) is 4.90 Å². The molecule has 6 atom stereocenters. The number of methoxy groups -OCH3 is 1. The zero-order chi connectivity index (χ0) is 37.0. The topological polar surface area (TPSA) is 119 Å². The molecule has 1 saturated heterocycles. The fourth-order valence-electron chi connectivity index (χ4n) is 8.86. The fraction of sp³-hybridized carbons (Fsp3) is 0.512. The first-order chi connectivity index (χ1) is 25.7. The molecule has 7 rings (SSSR count). The Bertz CT molecular complexity index is 1870. The molecule has 10 heteroatoms. The Hall–Kier alpha value is -3.94. The van der Waals surface area contributed by atoms with Crippen LogP contribution in [-0.2, 0) is 29.8 Å². The van der Waals surface area contributed by atoms with Crippen LogP contribution in [0.5, 0.6) is 11.5 Å². The van der Waals surface area contributed by atoms with Gasteiger partial charge in [0, 0.05) is 24.1 Å². The maximum Gasteiger partial charge on any atom is 0.306 e. The molecule has 4 aliphatic rings. The number of hydrogen-bond acceptors (Lipinski definition) is 7. The number of hydrogen-bond donors (Lipinski definition) is 1. The van der Waals surface area contributed by atoms with Crippen LogP contribution in [-0.4, -0.2) is 64.5 Å². The molecule has 1 amide bonds. The zero-order valence-corrected chi connectivity index (χ0v) is 31.6. The highest BCUT2D eigenvalue weighted by molar-refractivity contribution is 7.59. The van der Waals surface area contributed by atoms with Crippen LogP contribution in [0.1, 0.15) is 89.0 Å². The molecule has 2 aliphatic heterocycles. The van der Waals surface area contributed by atoms with Gasteiger partial charge in [0.2, 0.25) is 13.3 Å². The van der Waals surface area contributed by atoms with E-state index in [1.807, 2.05) is 72.8 Å². The Balaban J connectivity index is 1.19. The number of esters is 1. The van der Waals surface area contributed by atoms with Crippen LogP contribution in [0.2, 0.25) is 0 Å². The number of amides is 1. The van der Waals surface area contributed by atoms with Crippen molar-refractivity contribution in [2.24, 2.45) is 11.8 Å². The smallest absolute Gasteiger partial charge is 0.306 e. The molecule has 3 fully saturated rings. The Morgan fingerprint density at radius 2 is 1.74 bits per heavy atom. The van der Waals surface area contributed by atoms with Gasteiger partial charge in [-0.2, -0.15) is 0 Å². The van der Waals surface area contributed by atoms with Gasteiger partial charge < -0.3 is 24.0 Å². The van der Waals surface area contributed by atoms with Crippen molar-refractivity contribution in [3.05, 3.63) is 84.4 Å². The number of fused-ring (bicyclic) bond motifs is 3. The molecule has 1 N–H and O–H groups in total. The van der Waals surface area contributed by atoms with Gasteiger partial charge in [0.1, 0.15) is 23.7 Å². The van der Waals surface area contributed by atoms with Crippen molar-refractivity contribution in [1.29, 1.82) is 0 Å². The van der Waals surface area contributed by atoms with E-state index in [1.165, 1.54) is 0 Å². The van der Waals surface area contributed by atoms with Gasteiger partial charge >= 0.3 is 5.97 Å². The van der Waals surface area contributed by atoms with Crippen molar-refractivity contribution in [3.63, 3.8) is 0 Å². The minimum Gasteiger partial charge on any atom is -0.497 e. The Morgan fingerprint density at radius 3 is 2.53 bits per heavy atom. The van der Waals surface area contributed by atoms with Crippen LogP contribution < -0.4 is 9.47 Å². The number of nitrogens with zero attached hydrogens (tertiary/aromatic N) is 1. The van der Waals surface area contributed by atoms with Gasteiger partial charge in [0.15, 0.2) is 5.78 Å². The van der Waals surface area contributed by atoms with E-state index in [4.69, 9.17) is 14.2 Å². The molecule has 2 saturated carbocycles. The van der Waals surface area contributed by atoms with Crippen molar-refractivity contribution in [2.75, 3.05) is 13.7 Å². The van der Waals surface area contributed by atoms with Gasteiger partial charge in [0.05, 0.1) is 37.4 Å². The second-order valence-corrected chi connectivity index (χ2v) is 18.2. The average Bonchev–Trinajstić information content (AvgIpc) is 3.42. The van der Waals surface area contributed by atoms with Crippen LogP contribution in [0.25, 0.3) is 10.8 Å². The van der Waals surface area contributed by atoms with E-state index in [0.29, 0.717) is 18.6 Å². The highest BCUT2D eigenvalue weighted by Crippen LogP contribution is 2.74. The lowest BCUT2D eigenvalue weighted by Crippen LogP contribution is -2.45. The quantitative estimate of drug-likeness (QED) is 0.132. The molecule has 9 nitrogen and oxygen atoms in total. The van der Waals surface area contributed by atoms with Crippen molar-refractivity contribution in [2.45, 2.75) is 113 Å². The minimum atomic E-state index is -3.88. The molecule has 2 unspecified atom stereocenters. The van der Waals surface area contributed by atoms with E-state index in [9.17, 15) is 23.8 Å². The maximum absolute atomic E-state index is 14.7. The lowest BCUT2D eigenvalue weighted by Gasteiger charge is -2.30. The lowest BCUT2D eigenvalue weighted by atomic mass is 9.94. The van der Waals surface area contributed by atoms with Crippen molar-refractivity contribution in [3.8, 4) is 11.5 Å². The van der Waals surface area contributed by atoms with Crippen LogP contribution in [0.3, 0.4) is 0 Å². The number of ketones is 1. The number of Topliss-reactive ketones (excluding diaryl/α,β-unsaturated/α-hetero) is 1. The lowest BCUT2D eigenvalue weighted by molar-refractivity contribution is -0.154. The molecule has 3 aromatic rings. The van der Waals surface area contributed by atoms with Gasteiger partial charge in [-0.15, -0.1) is 0 Å². The molecule has 2 aliphatic carbocycles. The summed E-state index contributed by atoms with van der Waals surface area (Å²) >= 11 is 0. The van der Waals surface area contributed by atoms with Gasteiger partial charge in [-0.1, -0.05) is 67.5 Å². The highest BCUT2D eigenvalue weighted by Gasteiger charge is 2.65. The molecule has 0 aromatic heterocycles. The molecule has 0 radical (unpaired) electrons. The van der Waals surface area contributed by atoms with Crippen LogP contribution in [0, 0.1) is 11.8 Å². The third kappa shape index (κ3) is 8.42. The first-order valence-electron chi connectivity index (χ1n) is 19.4. The zero-order valence-electron chi connectivity index (χ0n) is 30.7. The summed E-state index contributed by atoms with van der Waals surface area (Å²) in [5.74, 6) is -0.294. The molecule has 3 aromatic carbocycles. The first-order valence-corrected chi connectivity index (χ1v) is 21.3. The molecule has 2 heterocycles. The third-order valence-corrected chi connectivity index (χ3v) is 14.8. The molecule has 0 spiro atoms. The molecule has 53 heavy (non-hydrogen) atoms. The molecule has 0 bridgehead atoms. The summed E-state index contributed by atoms with van der Waals surface area (Å²) < 4.78 is 32.3. The summed E-state index contributed by atoms with van der Waals surface area (Å²) in [5, 5.41) is 0.731. The van der Waals surface area contributed by atoms with Crippen LogP contribution in [0.4, 0.5) is 0 Å². The second kappa shape index (κ2) is 16.2. The van der Waals surface area contributed by atoms with E-state index in [0.717, 1.165) is 73.5 Å². The van der Waals surface area contributed by atoms with E-state index < -0.39 is 30.6 Å². The summed E-state index contributed by atoms with van der Waals surface area (Å²) in [6.45, 7) is 0.174. The first kappa shape index (κ1) is 37.4. The second-order valence-electron chi connectivity index (χ2n) is 15.6. The molecule has 282 valence electrons. The molecular weight excluding hydrogens is 689 g/mol. The largest absolute Gasteiger partial charge is 0.497 e. The SMILES string of the molecule is COc1ccc2c(O[C@@H]3C[C@H]4C(=O)C[C@]5(P(=O)(O)Cc6ccccc6)C[C@H]5/C=C\CCCCCC(CC(=O)OC5CCCC5)C(=O)N4C3)cccc2c1. The number of carbonyl (C=O) groups is 3. The third-order valence-electron chi connectivity index (χ3n) is 11.9. The van der Waals surface area contributed by atoms with Crippen molar-refractivity contribution >= 4 is 35.8 Å². The highest BCUT2D eigenvalue weighted by atomic mass is 31.2. The summed E-state index contributed by atoms with van der Waals surface area (Å²) in [6.07, 6.45) is 11.7. The number of allylic oxidation sites excluding steroid dienone is 2.